The van der Waals surface area contributed by atoms with E-state index >= 15 is 0 Å². The molecule has 0 atom stereocenters. The van der Waals surface area contributed by atoms with Gasteiger partial charge in [-0.25, -0.2) is 0 Å². The second-order valence-corrected chi connectivity index (χ2v) is 6.30. The van der Waals surface area contributed by atoms with Crippen LogP contribution in [0.3, 0.4) is 0 Å². The van der Waals surface area contributed by atoms with Crippen molar-refractivity contribution < 1.29 is 0 Å². The third-order valence-electron chi connectivity index (χ3n) is 4.73. The lowest BCUT2D eigenvalue weighted by atomic mass is 9.96. The van der Waals surface area contributed by atoms with E-state index in [-0.39, 0.29) is 5.56 Å². The lowest BCUT2D eigenvalue weighted by Crippen LogP contribution is -2.11. The van der Waals surface area contributed by atoms with Crippen LogP contribution in [0.15, 0.2) is 41.2 Å². The van der Waals surface area contributed by atoms with Crippen molar-refractivity contribution in [3.8, 4) is 11.1 Å². The van der Waals surface area contributed by atoms with Crippen LogP contribution in [0.25, 0.3) is 22.0 Å². The van der Waals surface area contributed by atoms with E-state index < -0.39 is 0 Å². The summed E-state index contributed by atoms with van der Waals surface area (Å²) in [6.07, 6.45) is 2.01. The van der Waals surface area contributed by atoms with Crippen molar-refractivity contribution in [1.82, 2.24) is 9.78 Å². The maximum Gasteiger partial charge on any atom is 0.272 e. The number of H-pyrrole nitrogens is 1. The summed E-state index contributed by atoms with van der Waals surface area (Å²) in [5.74, 6) is 0. The van der Waals surface area contributed by atoms with E-state index in [0.717, 1.165) is 34.9 Å². The fourth-order valence-electron chi connectivity index (χ4n) is 3.49. The first-order valence-electron chi connectivity index (χ1n) is 8.37. The van der Waals surface area contributed by atoms with Crippen molar-refractivity contribution in [3.63, 3.8) is 0 Å². The molecule has 0 saturated carbocycles. The van der Waals surface area contributed by atoms with Gasteiger partial charge in [-0.1, -0.05) is 49.7 Å². The van der Waals surface area contributed by atoms with Crippen LogP contribution in [0.4, 0.5) is 0 Å². The lowest BCUT2D eigenvalue weighted by Gasteiger charge is -2.15. The molecule has 1 heterocycles. The molecule has 1 aromatic heterocycles. The van der Waals surface area contributed by atoms with Gasteiger partial charge < -0.3 is 0 Å². The molecule has 0 unspecified atom stereocenters. The van der Waals surface area contributed by atoms with Gasteiger partial charge in [0.25, 0.3) is 5.56 Å². The Kier molecular flexibility index (Phi) is 4.12. The fourth-order valence-corrected chi connectivity index (χ4v) is 3.49. The molecule has 0 saturated heterocycles. The van der Waals surface area contributed by atoms with Crippen molar-refractivity contribution in [2.24, 2.45) is 0 Å². The molecule has 1 N–H and O–H groups in total. The van der Waals surface area contributed by atoms with E-state index in [1.807, 2.05) is 22.9 Å². The molecule has 0 bridgehead atoms. The maximum absolute atomic E-state index is 12.6. The highest BCUT2D eigenvalue weighted by molar-refractivity contribution is 5.95. The van der Waals surface area contributed by atoms with E-state index in [2.05, 4.69) is 51.0 Å². The molecule has 0 aliphatic heterocycles. The van der Waals surface area contributed by atoms with Crippen LogP contribution in [0.2, 0.25) is 0 Å². The van der Waals surface area contributed by atoms with Crippen LogP contribution in [-0.4, -0.2) is 9.78 Å². The Morgan fingerprint density at radius 1 is 1.04 bits per heavy atom. The Hall–Kier alpha value is -2.29. The SMILES string of the molecule is CCC(CC)n1[nH]c(=O)c2c(-c3ccc(C)cc3C)cccc21. The summed E-state index contributed by atoms with van der Waals surface area (Å²) in [5, 5.41) is 3.85. The molecule has 0 fully saturated rings. The quantitative estimate of drug-likeness (QED) is 0.725. The maximum atomic E-state index is 12.6. The Morgan fingerprint density at radius 2 is 1.78 bits per heavy atom. The van der Waals surface area contributed by atoms with E-state index in [1.54, 1.807) is 0 Å². The number of aryl methyl sites for hydroxylation is 2. The summed E-state index contributed by atoms with van der Waals surface area (Å²) in [7, 11) is 0. The first kappa shape index (κ1) is 15.6. The number of nitrogens with one attached hydrogen (secondary N) is 1. The number of aromatic amines is 1. The normalized spacial score (nSPS) is 11.5. The molecular weight excluding hydrogens is 284 g/mol. The van der Waals surface area contributed by atoms with Gasteiger partial charge in [0, 0.05) is 0 Å². The van der Waals surface area contributed by atoms with E-state index in [9.17, 15) is 4.79 Å². The highest BCUT2D eigenvalue weighted by Gasteiger charge is 2.17. The van der Waals surface area contributed by atoms with Crippen LogP contribution in [0.1, 0.15) is 43.9 Å². The summed E-state index contributed by atoms with van der Waals surface area (Å²) in [4.78, 5) is 12.6. The van der Waals surface area contributed by atoms with Crippen molar-refractivity contribution in [1.29, 1.82) is 0 Å². The van der Waals surface area contributed by atoms with Crippen LogP contribution in [0.5, 0.6) is 0 Å². The minimum atomic E-state index is 0.00229. The predicted octanol–water partition coefficient (Wildman–Crippen LogP) is 4.97. The van der Waals surface area contributed by atoms with E-state index in [1.165, 1.54) is 11.1 Å². The zero-order valence-corrected chi connectivity index (χ0v) is 14.3. The number of benzene rings is 2. The minimum absolute atomic E-state index is 0.00229. The highest BCUT2D eigenvalue weighted by atomic mass is 16.1. The Balaban J connectivity index is 2.30. The highest BCUT2D eigenvalue weighted by Crippen LogP contribution is 2.31. The number of hydrogen-bond acceptors (Lipinski definition) is 1. The third-order valence-corrected chi connectivity index (χ3v) is 4.73. The van der Waals surface area contributed by atoms with Crippen LogP contribution >= 0.6 is 0 Å². The van der Waals surface area contributed by atoms with Crippen LogP contribution in [-0.2, 0) is 0 Å². The molecular formula is C20H24N2O. The smallest absolute Gasteiger partial charge is 0.272 e. The zero-order valence-electron chi connectivity index (χ0n) is 14.3. The van der Waals surface area contributed by atoms with Gasteiger partial charge in [0.05, 0.1) is 16.9 Å². The second-order valence-electron chi connectivity index (χ2n) is 6.30. The number of nitrogens with zero attached hydrogens (tertiary/aromatic N) is 1. The van der Waals surface area contributed by atoms with Gasteiger partial charge in [-0.3, -0.25) is 14.6 Å². The molecule has 0 aliphatic carbocycles. The van der Waals surface area contributed by atoms with Crippen molar-refractivity contribution in [2.45, 2.75) is 46.6 Å². The van der Waals surface area contributed by atoms with E-state index in [4.69, 9.17) is 0 Å². The number of aromatic nitrogens is 2. The van der Waals surface area contributed by atoms with Gasteiger partial charge in [-0.2, -0.15) is 0 Å². The largest absolute Gasteiger partial charge is 0.281 e. The number of hydrogen-bond donors (Lipinski definition) is 1. The Bertz CT molecular complexity index is 898. The van der Waals surface area contributed by atoms with Crippen molar-refractivity contribution in [2.75, 3.05) is 0 Å². The molecule has 0 radical (unpaired) electrons. The Labute approximate surface area is 136 Å². The average Bonchev–Trinajstić information content (AvgIpc) is 2.86. The molecule has 0 amide bonds. The van der Waals surface area contributed by atoms with Gasteiger partial charge in [0.2, 0.25) is 0 Å². The summed E-state index contributed by atoms with van der Waals surface area (Å²) in [6, 6.07) is 12.9. The monoisotopic (exact) mass is 308 g/mol. The Morgan fingerprint density at radius 3 is 2.43 bits per heavy atom. The molecule has 3 heteroatoms. The van der Waals surface area contributed by atoms with E-state index in [0.29, 0.717) is 6.04 Å². The second kappa shape index (κ2) is 6.07. The lowest BCUT2D eigenvalue weighted by molar-refractivity contribution is 0.439. The number of rotatable bonds is 4. The summed E-state index contributed by atoms with van der Waals surface area (Å²) < 4.78 is 2.05. The molecule has 3 aromatic rings. The van der Waals surface area contributed by atoms with Crippen LogP contribution < -0.4 is 5.56 Å². The molecule has 2 aromatic carbocycles. The van der Waals surface area contributed by atoms with Crippen LogP contribution in [0, 0.1) is 13.8 Å². The standard InChI is InChI=1S/C20H24N2O/c1-5-15(6-2)22-18-9-7-8-17(19(18)20(23)21-22)16-11-10-13(3)12-14(16)4/h7-12,15H,5-6H2,1-4H3,(H,21,23). The summed E-state index contributed by atoms with van der Waals surface area (Å²) in [6.45, 7) is 8.51. The van der Waals surface area contributed by atoms with Gasteiger partial charge >= 0.3 is 0 Å². The van der Waals surface area contributed by atoms with Crippen molar-refractivity contribution >= 4 is 10.9 Å². The topological polar surface area (TPSA) is 37.8 Å². The molecule has 0 spiro atoms. The summed E-state index contributed by atoms with van der Waals surface area (Å²) >= 11 is 0. The molecule has 120 valence electrons. The summed E-state index contributed by atoms with van der Waals surface area (Å²) in [5.41, 5.74) is 5.60. The average molecular weight is 308 g/mol. The zero-order chi connectivity index (χ0) is 16.6. The van der Waals surface area contributed by atoms with Crippen molar-refractivity contribution in [3.05, 3.63) is 57.9 Å². The first-order valence-corrected chi connectivity index (χ1v) is 8.37. The minimum Gasteiger partial charge on any atom is -0.281 e. The van der Waals surface area contributed by atoms with Gasteiger partial charge in [-0.05, 0) is 49.4 Å². The third kappa shape index (κ3) is 2.61. The van der Waals surface area contributed by atoms with Gasteiger partial charge in [0.1, 0.15) is 0 Å². The van der Waals surface area contributed by atoms with Gasteiger partial charge in [0.15, 0.2) is 0 Å². The number of fused-ring (bicyclic) bond motifs is 1. The fraction of sp³-hybridized carbons (Fsp3) is 0.350. The molecule has 23 heavy (non-hydrogen) atoms. The molecule has 0 aliphatic rings. The molecule has 3 nitrogen and oxygen atoms in total. The molecule has 3 rings (SSSR count). The predicted molar refractivity (Wildman–Crippen MR) is 97.1 cm³/mol. The van der Waals surface area contributed by atoms with Gasteiger partial charge in [-0.15, -0.1) is 0 Å². The first-order chi connectivity index (χ1) is 11.1.